The van der Waals surface area contributed by atoms with E-state index in [0.29, 0.717) is 17.5 Å². The minimum Gasteiger partial charge on any atom is -0.314 e. The van der Waals surface area contributed by atoms with E-state index in [0.717, 1.165) is 25.8 Å². The average molecular weight is 265 g/mol. The predicted octanol–water partition coefficient (Wildman–Crippen LogP) is 3.99. The minimum atomic E-state index is -0.711. The van der Waals surface area contributed by atoms with Crippen LogP contribution in [0.3, 0.4) is 0 Å². The van der Waals surface area contributed by atoms with Crippen LogP contribution in [0.25, 0.3) is 0 Å². The van der Waals surface area contributed by atoms with Gasteiger partial charge in [-0.05, 0) is 55.7 Å². The second kappa shape index (κ2) is 5.58. The molecule has 0 amide bonds. The molecule has 104 valence electrons. The first-order valence-electron chi connectivity index (χ1n) is 7.43. The number of nitrogens with one attached hydrogen (secondary N) is 1. The van der Waals surface area contributed by atoms with Crippen molar-refractivity contribution >= 4 is 0 Å². The Morgan fingerprint density at radius 2 is 1.84 bits per heavy atom. The van der Waals surface area contributed by atoms with Crippen molar-refractivity contribution in [2.75, 3.05) is 6.54 Å². The smallest absolute Gasteiger partial charge is 0.162 e. The molecule has 2 fully saturated rings. The van der Waals surface area contributed by atoms with Gasteiger partial charge in [-0.2, -0.15) is 0 Å². The van der Waals surface area contributed by atoms with E-state index in [1.165, 1.54) is 25.3 Å². The molecule has 2 aliphatic carbocycles. The van der Waals surface area contributed by atoms with Gasteiger partial charge in [-0.15, -0.1) is 0 Å². The largest absolute Gasteiger partial charge is 0.314 e. The van der Waals surface area contributed by atoms with E-state index in [1.807, 2.05) is 0 Å². The summed E-state index contributed by atoms with van der Waals surface area (Å²) in [4.78, 5) is 0. The van der Waals surface area contributed by atoms with Gasteiger partial charge >= 0.3 is 0 Å². The normalized spacial score (nSPS) is 27.5. The molecule has 3 heteroatoms. The Balaban J connectivity index is 1.76. The van der Waals surface area contributed by atoms with Gasteiger partial charge in [0.15, 0.2) is 11.6 Å². The molecule has 0 saturated heterocycles. The van der Waals surface area contributed by atoms with Gasteiger partial charge < -0.3 is 5.32 Å². The van der Waals surface area contributed by atoms with Crippen LogP contribution in [-0.2, 0) is 0 Å². The number of benzene rings is 1. The molecule has 0 radical (unpaired) electrons. The van der Waals surface area contributed by atoms with Gasteiger partial charge in [-0.3, -0.25) is 0 Å². The molecule has 2 aliphatic rings. The summed E-state index contributed by atoms with van der Waals surface area (Å²) in [7, 11) is 0. The van der Waals surface area contributed by atoms with Crippen molar-refractivity contribution in [2.24, 2.45) is 5.92 Å². The fourth-order valence-electron chi connectivity index (χ4n) is 3.27. The lowest BCUT2D eigenvalue weighted by Crippen LogP contribution is -2.31. The molecule has 0 bridgehead atoms. The molecule has 1 nitrogen and oxygen atoms in total. The third kappa shape index (κ3) is 2.97. The van der Waals surface area contributed by atoms with Crippen LogP contribution >= 0.6 is 0 Å². The zero-order valence-electron chi connectivity index (χ0n) is 11.2. The second-order valence-corrected chi connectivity index (χ2v) is 5.98. The molecule has 0 heterocycles. The molecule has 1 aromatic carbocycles. The molecular formula is C16H21F2N. The van der Waals surface area contributed by atoms with Gasteiger partial charge in [0, 0.05) is 6.04 Å². The SMILES string of the molecule is Fc1cccc(C2CCCCC2CNC2CC2)c1F. The molecule has 19 heavy (non-hydrogen) atoms. The van der Waals surface area contributed by atoms with Crippen molar-refractivity contribution in [3.05, 3.63) is 35.4 Å². The van der Waals surface area contributed by atoms with Crippen molar-refractivity contribution < 1.29 is 8.78 Å². The lowest BCUT2D eigenvalue weighted by Gasteiger charge is -2.32. The summed E-state index contributed by atoms with van der Waals surface area (Å²) < 4.78 is 27.4. The maximum absolute atomic E-state index is 14.0. The molecule has 2 unspecified atom stereocenters. The van der Waals surface area contributed by atoms with Crippen molar-refractivity contribution in [3.63, 3.8) is 0 Å². The Kier molecular flexibility index (Phi) is 3.83. The maximum Gasteiger partial charge on any atom is 0.162 e. The Labute approximate surface area is 113 Å². The fourth-order valence-corrected chi connectivity index (χ4v) is 3.27. The predicted molar refractivity (Wildman–Crippen MR) is 72.1 cm³/mol. The summed E-state index contributed by atoms with van der Waals surface area (Å²) >= 11 is 0. The lowest BCUT2D eigenvalue weighted by atomic mass is 9.75. The van der Waals surface area contributed by atoms with Gasteiger partial charge in [0.2, 0.25) is 0 Å². The van der Waals surface area contributed by atoms with Crippen LogP contribution in [0.1, 0.15) is 50.0 Å². The number of hydrogen-bond donors (Lipinski definition) is 1. The number of rotatable bonds is 4. The van der Waals surface area contributed by atoms with E-state index in [2.05, 4.69) is 5.32 Å². The Morgan fingerprint density at radius 1 is 1.05 bits per heavy atom. The maximum atomic E-state index is 14.0. The van der Waals surface area contributed by atoms with Crippen molar-refractivity contribution in [3.8, 4) is 0 Å². The molecular weight excluding hydrogens is 244 g/mol. The number of hydrogen-bond acceptors (Lipinski definition) is 1. The molecule has 0 spiro atoms. The third-order valence-electron chi connectivity index (χ3n) is 4.54. The quantitative estimate of drug-likeness (QED) is 0.868. The Morgan fingerprint density at radius 3 is 2.63 bits per heavy atom. The Bertz CT molecular complexity index is 442. The molecule has 1 aromatic rings. The van der Waals surface area contributed by atoms with Gasteiger partial charge in [0.25, 0.3) is 0 Å². The standard InChI is InChI=1S/C16H21F2N/c17-15-7-3-6-14(16(15)18)13-5-2-1-4-11(13)10-19-12-8-9-12/h3,6-7,11-13,19H,1-2,4-5,8-10H2. The molecule has 1 N–H and O–H groups in total. The second-order valence-electron chi connectivity index (χ2n) is 5.98. The van der Waals surface area contributed by atoms with Crippen LogP contribution in [0, 0.1) is 17.6 Å². The van der Waals surface area contributed by atoms with E-state index < -0.39 is 11.6 Å². The highest BCUT2D eigenvalue weighted by Gasteiger charge is 2.30. The van der Waals surface area contributed by atoms with Gasteiger partial charge in [-0.25, -0.2) is 8.78 Å². The summed E-state index contributed by atoms with van der Waals surface area (Å²) in [6.07, 6.45) is 6.99. The molecule has 0 aliphatic heterocycles. The highest BCUT2D eigenvalue weighted by molar-refractivity contribution is 5.24. The fraction of sp³-hybridized carbons (Fsp3) is 0.625. The van der Waals surface area contributed by atoms with Crippen LogP contribution in [0.15, 0.2) is 18.2 Å². The van der Waals surface area contributed by atoms with Crippen molar-refractivity contribution in [1.29, 1.82) is 0 Å². The van der Waals surface area contributed by atoms with Crippen LogP contribution in [0.5, 0.6) is 0 Å². The van der Waals surface area contributed by atoms with Gasteiger partial charge in [-0.1, -0.05) is 25.0 Å². The summed E-state index contributed by atoms with van der Waals surface area (Å²) in [6, 6.07) is 5.28. The topological polar surface area (TPSA) is 12.0 Å². The summed E-state index contributed by atoms with van der Waals surface area (Å²) in [6.45, 7) is 0.950. The first-order valence-corrected chi connectivity index (χ1v) is 7.43. The summed E-state index contributed by atoms with van der Waals surface area (Å²) in [5, 5.41) is 3.54. The summed E-state index contributed by atoms with van der Waals surface area (Å²) in [5.41, 5.74) is 0.585. The first kappa shape index (κ1) is 13.0. The van der Waals surface area contributed by atoms with Gasteiger partial charge in [0.1, 0.15) is 0 Å². The monoisotopic (exact) mass is 265 g/mol. The molecule has 2 atom stereocenters. The minimum absolute atomic E-state index is 0.177. The van der Waals surface area contributed by atoms with Crippen molar-refractivity contribution in [1.82, 2.24) is 5.32 Å². The van der Waals surface area contributed by atoms with Crippen LogP contribution in [0.2, 0.25) is 0 Å². The van der Waals surface area contributed by atoms with Crippen molar-refractivity contribution in [2.45, 2.75) is 50.5 Å². The van der Waals surface area contributed by atoms with Crippen LogP contribution in [0.4, 0.5) is 8.78 Å². The third-order valence-corrected chi connectivity index (χ3v) is 4.54. The molecule has 0 aromatic heterocycles. The zero-order valence-corrected chi connectivity index (χ0v) is 11.2. The van der Waals surface area contributed by atoms with E-state index in [4.69, 9.17) is 0 Å². The highest BCUT2D eigenvalue weighted by atomic mass is 19.2. The zero-order chi connectivity index (χ0) is 13.2. The van der Waals surface area contributed by atoms with E-state index in [-0.39, 0.29) is 5.92 Å². The van der Waals surface area contributed by atoms with E-state index >= 15 is 0 Å². The first-order chi connectivity index (χ1) is 9.25. The van der Waals surface area contributed by atoms with Crippen LogP contribution < -0.4 is 5.32 Å². The van der Waals surface area contributed by atoms with E-state index in [1.54, 1.807) is 12.1 Å². The molecule has 3 rings (SSSR count). The lowest BCUT2D eigenvalue weighted by molar-refractivity contribution is 0.287. The van der Waals surface area contributed by atoms with Crippen LogP contribution in [-0.4, -0.2) is 12.6 Å². The molecule has 2 saturated carbocycles. The summed E-state index contributed by atoms with van der Waals surface area (Å²) in [5.74, 6) is -0.718. The average Bonchev–Trinajstić information content (AvgIpc) is 3.24. The van der Waals surface area contributed by atoms with Gasteiger partial charge in [0.05, 0.1) is 0 Å². The highest BCUT2D eigenvalue weighted by Crippen LogP contribution is 2.39. The van der Waals surface area contributed by atoms with E-state index in [9.17, 15) is 8.78 Å². The number of halogens is 2. The Hall–Kier alpha value is -0.960.